The number of carbonyl (C=O) groups excluding carboxylic acids is 1. The van der Waals surface area contributed by atoms with E-state index in [2.05, 4.69) is 4.74 Å². The van der Waals surface area contributed by atoms with Crippen molar-refractivity contribution in [2.75, 3.05) is 6.61 Å². The van der Waals surface area contributed by atoms with Crippen LogP contribution in [0.5, 0.6) is 0 Å². The Morgan fingerprint density at radius 3 is 2.20 bits per heavy atom. The molecule has 15 heavy (non-hydrogen) atoms. The number of nitroso groups, excluding NO2 is 1. The maximum absolute atomic E-state index is 11.8. The summed E-state index contributed by atoms with van der Waals surface area (Å²) >= 11 is 0. The third-order valence-electron chi connectivity index (χ3n) is 1.05. The summed E-state index contributed by atoms with van der Waals surface area (Å²) < 4.78 is 39.4. The smallest absolute Gasteiger partial charge is 0.451 e. The van der Waals surface area contributed by atoms with Gasteiger partial charge in [0.05, 0.1) is 6.61 Å². The van der Waals surface area contributed by atoms with Gasteiger partial charge in [0.1, 0.15) is 0 Å². The normalized spacial score (nSPS) is 12.3. The van der Waals surface area contributed by atoms with Gasteiger partial charge in [0.25, 0.3) is 0 Å². The molecular weight excluding hydrogens is 223 g/mol. The molecule has 0 bridgehead atoms. The van der Waals surface area contributed by atoms with Gasteiger partial charge in [0.2, 0.25) is 11.5 Å². The number of esters is 1. The molecule has 0 aliphatic rings. The van der Waals surface area contributed by atoms with Gasteiger partial charge in [-0.1, -0.05) is 0 Å². The molecule has 0 atom stereocenters. The fourth-order valence-electron chi connectivity index (χ4n) is 0.511. The number of carbonyl (C=O) groups is 1. The molecule has 88 valence electrons. The fourth-order valence-corrected chi connectivity index (χ4v) is 0.511. The van der Waals surface area contributed by atoms with Crippen LogP contribution in [0.2, 0.25) is 0 Å². The summed E-state index contributed by atoms with van der Waals surface area (Å²) in [4.78, 5) is 20.5. The van der Waals surface area contributed by atoms with Crippen LogP contribution in [0.1, 0.15) is 6.92 Å². The largest absolute Gasteiger partial charge is 0.502 e. The van der Waals surface area contributed by atoms with E-state index in [1.54, 1.807) is 5.18 Å². The lowest BCUT2D eigenvalue weighted by molar-refractivity contribution is -0.143. The number of aliphatic hydroxyl groups excluding tert-OH is 1. The second-order valence-electron chi connectivity index (χ2n) is 2.01. The number of hydrogen-bond acceptors (Lipinski definition) is 5. The highest BCUT2D eigenvalue weighted by Gasteiger charge is 2.40. The highest BCUT2D eigenvalue weighted by atomic mass is 19.4. The van der Waals surface area contributed by atoms with Crippen molar-refractivity contribution in [2.24, 2.45) is 5.18 Å². The molecule has 0 aromatic heterocycles. The van der Waals surface area contributed by atoms with E-state index < -0.39 is 23.6 Å². The van der Waals surface area contributed by atoms with Crippen molar-refractivity contribution in [3.05, 3.63) is 16.4 Å². The first kappa shape index (κ1) is 15.8. The Balaban J connectivity index is 0. The molecule has 0 radical (unpaired) electrons. The molecule has 0 amide bonds. The van der Waals surface area contributed by atoms with Crippen molar-refractivity contribution in [3.63, 3.8) is 0 Å². The van der Waals surface area contributed by atoms with Gasteiger partial charge in [-0.25, -0.2) is 4.79 Å². The molecule has 0 aromatic carbocycles. The molecule has 0 unspecified atom stereocenters. The monoisotopic (exact) mass is 231 g/mol. The SMILES string of the molecule is CCOC(=O)C(N=O)=C(O)C(F)(F)F.O. The van der Waals surface area contributed by atoms with Gasteiger partial charge in [-0.05, 0) is 12.1 Å². The van der Waals surface area contributed by atoms with Crippen molar-refractivity contribution < 1.29 is 33.3 Å². The fraction of sp³-hybridized carbons (Fsp3) is 0.500. The van der Waals surface area contributed by atoms with E-state index in [1.807, 2.05) is 0 Å². The van der Waals surface area contributed by atoms with Crippen LogP contribution >= 0.6 is 0 Å². The molecule has 0 saturated heterocycles. The maximum atomic E-state index is 11.8. The summed E-state index contributed by atoms with van der Waals surface area (Å²) in [6.07, 6.45) is -5.20. The van der Waals surface area contributed by atoms with Crippen LogP contribution in [0.25, 0.3) is 0 Å². The van der Waals surface area contributed by atoms with Gasteiger partial charge >= 0.3 is 12.1 Å². The lowest BCUT2D eigenvalue weighted by Crippen LogP contribution is -2.18. The van der Waals surface area contributed by atoms with E-state index in [9.17, 15) is 22.9 Å². The highest BCUT2D eigenvalue weighted by molar-refractivity contribution is 5.88. The van der Waals surface area contributed by atoms with Gasteiger partial charge in [0, 0.05) is 0 Å². The second kappa shape index (κ2) is 5.96. The second-order valence-corrected chi connectivity index (χ2v) is 2.01. The van der Waals surface area contributed by atoms with Gasteiger partial charge in [-0.15, -0.1) is 4.91 Å². The molecule has 0 rings (SSSR count). The first-order chi connectivity index (χ1) is 6.34. The lowest BCUT2D eigenvalue weighted by atomic mass is 10.3. The number of rotatable bonds is 3. The van der Waals surface area contributed by atoms with Crippen LogP contribution in [0, 0.1) is 4.91 Å². The van der Waals surface area contributed by atoms with E-state index >= 15 is 0 Å². The molecule has 0 aliphatic heterocycles. The number of hydrogen-bond donors (Lipinski definition) is 1. The van der Waals surface area contributed by atoms with E-state index in [4.69, 9.17) is 5.11 Å². The Morgan fingerprint density at radius 1 is 1.47 bits per heavy atom. The molecule has 0 aliphatic carbocycles. The Morgan fingerprint density at radius 2 is 1.93 bits per heavy atom. The van der Waals surface area contributed by atoms with Crippen LogP contribution in [-0.4, -0.2) is 29.3 Å². The van der Waals surface area contributed by atoms with Crippen LogP contribution < -0.4 is 0 Å². The summed E-state index contributed by atoms with van der Waals surface area (Å²) in [7, 11) is 0. The van der Waals surface area contributed by atoms with Gasteiger partial charge < -0.3 is 15.3 Å². The summed E-state index contributed by atoms with van der Waals surface area (Å²) in [6.45, 7) is 1.09. The standard InChI is InChI=1S/C6H6F3NO4.H2O/c1-2-14-5(12)3(10-13)4(11)6(7,8)9;/h11H,2H2,1H3;1H2. The van der Waals surface area contributed by atoms with Crippen LogP contribution in [0.3, 0.4) is 0 Å². The Kier molecular flexibility index (Phi) is 6.28. The minimum atomic E-state index is -5.20. The van der Waals surface area contributed by atoms with Crippen molar-refractivity contribution in [1.82, 2.24) is 0 Å². The minimum Gasteiger partial charge on any atom is -0.502 e. The summed E-state index contributed by atoms with van der Waals surface area (Å²) in [5, 5.41) is 10.2. The zero-order chi connectivity index (χ0) is 11.4. The van der Waals surface area contributed by atoms with Crippen LogP contribution in [-0.2, 0) is 9.53 Å². The number of halogens is 3. The molecule has 0 saturated carbocycles. The van der Waals surface area contributed by atoms with Crippen molar-refractivity contribution in [1.29, 1.82) is 0 Å². The molecule has 9 heteroatoms. The average Bonchev–Trinajstić information content (AvgIpc) is 2.04. The molecular formula is C6H8F3NO5. The number of allylic oxidation sites excluding steroid dienone is 1. The zero-order valence-electron chi connectivity index (χ0n) is 7.46. The summed E-state index contributed by atoms with van der Waals surface area (Å²) in [6, 6.07) is 0. The zero-order valence-corrected chi connectivity index (χ0v) is 7.46. The maximum Gasteiger partial charge on any atom is 0.451 e. The third kappa shape index (κ3) is 4.40. The van der Waals surface area contributed by atoms with E-state index in [0.29, 0.717) is 0 Å². The lowest BCUT2D eigenvalue weighted by Gasteiger charge is -2.06. The van der Waals surface area contributed by atoms with Crippen molar-refractivity contribution in [2.45, 2.75) is 13.1 Å². The summed E-state index contributed by atoms with van der Waals surface area (Å²) in [5.41, 5.74) is -1.68. The van der Waals surface area contributed by atoms with E-state index in [1.165, 1.54) is 6.92 Å². The first-order valence-corrected chi connectivity index (χ1v) is 3.35. The van der Waals surface area contributed by atoms with Gasteiger partial charge in [-0.3, -0.25) is 0 Å². The van der Waals surface area contributed by atoms with Crippen LogP contribution in [0.4, 0.5) is 13.2 Å². The summed E-state index contributed by atoms with van der Waals surface area (Å²) in [5.74, 6) is -3.97. The Bertz CT molecular complexity index is 272. The molecule has 0 fully saturated rings. The topological polar surface area (TPSA) is 107 Å². The molecule has 0 aromatic rings. The van der Waals surface area contributed by atoms with Crippen LogP contribution in [0.15, 0.2) is 16.6 Å². The third-order valence-corrected chi connectivity index (χ3v) is 1.05. The van der Waals surface area contributed by atoms with E-state index in [0.717, 1.165) is 0 Å². The predicted octanol–water partition coefficient (Wildman–Crippen LogP) is 0.823. The number of ether oxygens (including phenoxy) is 1. The molecule has 0 spiro atoms. The Hall–Kier alpha value is -1.64. The van der Waals surface area contributed by atoms with Crippen molar-refractivity contribution in [3.8, 4) is 0 Å². The van der Waals surface area contributed by atoms with Gasteiger partial charge in [0.15, 0.2) is 0 Å². The first-order valence-electron chi connectivity index (χ1n) is 3.35. The molecule has 6 nitrogen and oxygen atoms in total. The quantitative estimate of drug-likeness (QED) is 0.335. The number of alkyl halides is 3. The average molecular weight is 231 g/mol. The Labute approximate surface area is 81.6 Å². The minimum absolute atomic E-state index is 0. The number of aliphatic hydroxyl groups is 1. The van der Waals surface area contributed by atoms with Gasteiger partial charge in [-0.2, -0.15) is 13.2 Å². The highest BCUT2D eigenvalue weighted by Crippen LogP contribution is 2.26. The molecule has 3 N–H and O–H groups in total. The molecule has 0 heterocycles. The van der Waals surface area contributed by atoms with E-state index in [-0.39, 0.29) is 12.1 Å². The number of nitrogens with zero attached hydrogens (tertiary/aromatic N) is 1. The predicted molar refractivity (Wildman–Crippen MR) is 41.8 cm³/mol. The van der Waals surface area contributed by atoms with Crippen molar-refractivity contribution >= 4 is 5.97 Å².